The summed E-state index contributed by atoms with van der Waals surface area (Å²) >= 11 is 0. The molecular weight excluding hydrogens is 336 g/mol. The molecule has 0 unspecified atom stereocenters. The van der Waals surface area contributed by atoms with Gasteiger partial charge in [-0.1, -0.05) is 30.3 Å². The smallest absolute Gasteiger partial charge is 0.263 e. The van der Waals surface area contributed by atoms with E-state index in [9.17, 15) is 4.79 Å². The van der Waals surface area contributed by atoms with Crippen molar-refractivity contribution < 1.29 is 14.3 Å². The van der Waals surface area contributed by atoms with E-state index in [-0.39, 0.29) is 19.2 Å². The van der Waals surface area contributed by atoms with Gasteiger partial charge in [0.15, 0.2) is 11.5 Å². The number of hydrazone groups is 1. The van der Waals surface area contributed by atoms with Crippen LogP contribution in [0.2, 0.25) is 0 Å². The Morgan fingerprint density at radius 3 is 2.92 bits per heavy atom. The summed E-state index contributed by atoms with van der Waals surface area (Å²) in [6, 6.07) is 14.8. The highest BCUT2D eigenvalue weighted by Crippen LogP contribution is 2.31. The molecular formula is C17H14N6O3. The number of nitrogens with zero attached hydrogens (tertiary/aromatic N) is 5. The maximum Gasteiger partial charge on any atom is 0.263 e. The SMILES string of the molecule is O=C(Cn1nnc(-c2ccccc2)n1)N/N=C\c1ccc2c(c1)OCO2. The average Bonchev–Trinajstić information content (AvgIpc) is 3.31. The molecule has 1 N–H and O–H groups in total. The number of rotatable bonds is 5. The quantitative estimate of drug-likeness (QED) is 0.548. The number of fused-ring (bicyclic) bond motifs is 1. The molecule has 0 saturated carbocycles. The van der Waals surface area contributed by atoms with Crippen molar-refractivity contribution in [1.29, 1.82) is 0 Å². The van der Waals surface area contributed by atoms with Crippen molar-refractivity contribution in [3.63, 3.8) is 0 Å². The predicted octanol–water partition coefficient (Wildman–Crippen LogP) is 1.22. The number of aromatic nitrogens is 4. The topological polar surface area (TPSA) is 104 Å². The molecule has 0 aliphatic carbocycles. The molecule has 0 spiro atoms. The first kappa shape index (κ1) is 15.8. The van der Waals surface area contributed by atoms with Crippen molar-refractivity contribution in [3.8, 4) is 22.9 Å². The maximum absolute atomic E-state index is 11.9. The fraction of sp³-hybridized carbons (Fsp3) is 0.118. The van der Waals surface area contributed by atoms with E-state index in [4.69, 9.17) is 9.47 Å². The molecule has 0 atom stereocenters. The van der Waals surface area contributed by atoms with Crippen LogP contribution >= 0.6 is 0 Å². The molecule has 0 bridgehead atoms. The highest BCUT2D eigenvalue weighted by Gasteiger charge is 2.12. The molecule has 0 fully saturated rings. The summed E-state index contributed by atoms with van der Waals surface area (Å²) in [4.78, 5) is 13.2. The fourth-order valence-corrected chi connectivity index (χ4v) is 2.35. The Morgan fingerprint density at radius 1 is 1.19 bits per heavy atom. The van der Waals surface area contributed by atoms with Crippen molar-refractivity contribution in [1.82, 2.24) is 25.6 Å². The van der Waals surface area contributed by atoms with E-state index < -0.39 is 0 Å². The summed E-state index contributed by atoms with van der Waals surface area (Å²) < 4.78 is 10.5. The second-order valence-corrected chi connectivity index (χ2v) is 5.42. The van der Waals surface area contributed by atoms with Gasteiger partial charge in [0, 0.05) is 5.56 Å². The van der Waals surface area contributed by atoms with E-state index in [1.807, 2.05) is 36.4 Å². The lowest BCUT2D eigenvalue weighted by Gasteiger charge is -1.99. The van der Waals surface area contributed by atoms with Gasteiger partial charge in [-0.25, -0.2) is 5.43 Å². The fourth-order valence-electron chi connectivity index (χ4n) is 2.35. The van der Waals surface area contributed by atoms with Gasteiger partial charge in [-0.2, -0.15) is 9.90 Å². The minimum absolute atomic E-state index is 0.0850. The van der Waals surface area contributed by atoms with Gasteiger partial charge in [0.25, 0.3) is 5.91 Å². The van der Waals surface area contributed by atoms with Crippen LogP contribution in [0.4, 0.5) is 0 Å². The van der Waals surface area contributed by atoms with Crippen LogP contribution in [0.15, 0.2) is 53.6 Å². The van der Waals surface area contributed by atoms with E-state index >= 15 is 0 Å². The zero-order chi connectivity index (χ0) is 17.8. The summed E-state index contributed by atoms with van der Waals surface area (Å²) in [6.45, 7) is 0.126. The summed E-state index contributed by atoms with van der Waals surface area (Å²) in [7, 11) is 0. The lowest BCUT2D eigenvalue weighted by Crippen LogP contribution is -2.24. The Labute approximate surface area is 148 Å². The van der Waals surface area contributed by atoms with Crippen molar-refractivity contribution in [2.45, 2.75) is 6.54 Å². The zero-order valence-electron chi connectivity index (χ0n) is 13.6. The molecule has 3 aromatic rings. The molecule has 9 nitrogen and oxygen atoms in total. The molecule has 1 aromatic heterocycles. The van der Waals surface area contributed by atoms with Gasteiger partial charge in [0.1, 0.15) is 6.54 Å². The monoisotopic (exact) mass is 350 g/mol. The summed E-state index contributed by atoms with van der Waals surface area (Å²) in [5.74, 6) is 1.44. The third-order valence-electron chi connectivity index (χ3n) is 3.57. The first-order valence-corrected chi connectivity index (χ1v) is 7.83. The summed E-state index contributed by atoms with van der Waals surface area (Å²) in [6.07, 6.45) is 1.52. The van der Waals surface area contributed by atoms with Crippen LogP contribution in [0.3, 0.4) is 0 Å². The largest absolute Gasteiger partial charge is 0.454 e. The molecule has 0 saturated heterocycles. The van der Waals surface area contributed by atoms with Crippen LogP contribution in [-0.2, 0) is 11.3 Å². The van der Waals surface area contributed by atoms with Gasteiger partial charge < -0.3 is 9.47 Å². The van der Waals surface area contributed by atoms with Crippen LogP contribution in [0.25, 0.3) is 11.4 Å². The molecule has 130 valence electrons. The van der Waals surface area contributed by atoms with E-state index in [2.05, 4.69) is 25.9 Å². The van der Waals surface area contributed by atoms with Crippen LogP contribution in [0, 0.1) is 0 Å². The molecule has 4 rings (SSSR count). The van der Waals surface area contributed by atoms with Gasteiger partial charge in [0.05, 0.1) is 6.21 Å². The molecule has 2 aromatic carbocycles. The Morgan fingerprint density at radius 2 is 2.04 bits per heavy atom. The maximum atomic E-state index is 11.9. The van der Waals surface area contributed by atoms with E-state index in [0.717, 1.165) is 11.1 Å². The Balaban J connectivity index is 1.34. The van der Waals surface area contributed by atoms with Crippen LogP contribution in [-0.4, -0.2) is 39.1 Å². The molecule has 0 radical (unpaired) electrons. The van der Waals surface area contributed by atoms with Crippen molar-refractivity contribution in [2.75, 3.05) is 6.79 Å². The number of benzene rings is 2. The number of carbonyl (C=O) groups is 1. The van der Waals surface area contributed by atoms with Gasteiger partial charge in [-0.05, 0) is 29.0 Å². The van der Waals surface area contributed by atoms with Crippen molar-refractivity contribution in [2.24, 2.45) is 5.10 Å². The number of tetrazole rings is 1. The minimum Gasteiger partial charge on any atom is -0.454 e. The Kier molecular flexibility index (Phi) is 4.25. The van der Waals surface area contributed by atoms with Crippen LogP contribution in [0.5, 0.6) is 11.5 Å². The normalized spacial score (nSPS) is 12.5. The Hall–Kier alpha value is -3.75. The summed E-state index contributed by atoms with van der Waals surface area (Å²) in [5.41, 5.74) is 4.04. The van der Waals surface area contributed by atoms with Crippen LogP contribution < -0.4 is 14.9 Å². The molecule has 9 heteroatoms. The standard InChI is InChI=1S/C17H14N6O3/c24-16(10-23-21-17(20-22-23)13-4-2-1-3-5-13)19-18-9-12-6-7-14-15(8-12)26-11-25-14/h1-9H,10-11H2,(H,19,24)/b18-9-. The lowest BCUT2D eigenvalue weighted by atomic mass is 10.2. The first-order chi connectivity index (χ1) is 12.8. The lowest BCUT2D eigenvalue weighted by molar-refractivity contribution is -0.122. The minimum atomic E-state index is -0.362. The van der Waals surface area contributed by atoms with E-state index in [1.165, 1.54) is 11.0 Å². The third kappa shape index (κ3) is 3.51. The second-order valence-electron chi connectivity index (χ2n) is 5.42. The number of amides is 1. The van der Waals surface area contributed by atoms with E-state index in [1.54, 1.807) is 12.1 Å². The van der Waals surface area contributed by atoms with Gasteiger partial charge in [0.2, 0.25) is 12.6 Å². The van der Waals surface area contributed by atoms with Gasteiger partial charge in [-0.3, -0.25) is 4.79 Å². The van der Waals surface area contributed by atoms with E-state index in [0.29, 0.717) is 17.3 Å². The van der Waals surface area contributed by atoms with Gasteiger partial charge >= 0.3 is 0 Å². The molecule has 1 aliphatic rings. The number of hydrogen-bond acceptors (Lipinski definition) is 7. The average molecular weight is 350 g/mol. The first-order valence-electron chi connectivity index (χ1n) is 7.83. The zero-order valence-corrected chi connectivity index (χ0v) is 13.6. The van der Waals surface area contributed by atoms with Crippen molar-refractivity contribution >= 4 is 12.1 Å². The summed E-state index contributed by atoms with van der Waals surface area (Å²) in [5, 5.41) is 15.9. The predicted molar refractivity (Wildman–Crippen MR) is 91.6 cm³/mol. The number of ether oxygens (including phenoxy) is 2. The molecule has 2 heterocycles. The Bertz CT molecular complexity index is 954. The number of hydrogen-bond donors (Lipinski definition) is 1. The second kappa shape index (κ2) is 7.01. The number of nitrogens with one attached hydrogen (secondary N) is 1. The third-order valence-corrected chi connectivity index (χ3v) is 3.57. The number of carbonyl (C=O) groups excluding carboxylic acids is 1. The molecule has 1 amide bonds. The highest BCUT2D eigenvalue weighted by molar-refractivity contribution is 5.83. The molecule has 26 heavy (non-hydrogen) atoms. The molecule has 1 aliphatic heterocycles. The highest BCUT2D eigenvalue weighted by atomic mass is 16.7. The van der Waals surface area contributed by atoms with Gasteiger partial charge in [-0.15, -0.1) is 10.2 Å². The van der Waals surface area contributed by atoms with Crippen LogP contribution in [0.1, 0.15) is 5.56 Å². The van der Waals surface area contributed by atoms with Crippen molar-refractivity contribution in [3.05, 3.63) is 54.1 Å².